The molecular weight excluding hydrogens is 777 g/mol. The van der Waals surface area contributed by atoms with E-state index in [-0.39, 0.29) is 5.41 Å². The van der Waals surface area contributed by atoms with E-state index < -0.39 is 5.41 Å². The summed E-state index contributed by atoms with van der Waals surface area (Å²) >= 11 is 0. The number of hydrogen-bond donors (Lipinski definition) is 0. The molecule has 0 saturated heterocycles. The summed E-state index contributed by atoms with van der Waals surface area (Å²) in [5, 5.41) is 0. The van der Waals surface area contributed by atoms with E-state index in [1.54, 1.807) is 0 Å². The third-order valence-corrected chi connectivity index (χ3v) is 14.0. The predicted molar refractivity (Wildman–Crippen MR) is 259 cm³/mol. The van der Waals surface area contributed by atoms with Gasteiger partial charge in [0.1, 0.15) is 0 Å². The highest BCUT2D eigenvalue weighted by Gasteiger charge is 2.51. The number of aromatic nitrogens is 4. The van der Waals surface area contributed by atoms with Crippen molar-refractivity contribution in [1.82, 2.24) is 19.9 Å². The molecule has 13 rings (SSSR count). The van der Waals surface area contributed by atoms with Gasteiger partial charge in [0.25, 0.3) is 0 Å². The molecule has 4 heteroatoms. The number of benzene rings is 8. The Bertz CT molecular complexity index is 3520. The van der Waals surface area contributed by atoms with Gasteiger partial charge in [0.05, 0.1) is 16.8 Å². The van der Waals surface area contributed by atoms with E-state index in [1.165, 1.54) is 77.9 Å². The maximum Gasteiger partial charge on any atom is 0.160 e. The standard InChI is InChI=1S/C60H40N4/c1-59(2)49-26-14-11-24-44(49)47-33-54-48(32-52(47)59)45-25-13-16-28-51(45)60(54)50-27-15-12-23-43(50)41-21-9-10-22-42(41)46-30-29-39(31-53(46)60)55-34-56(64-58(63-55)38-19-7-4-8-20-38)40-35-61-57(62-36-40)37-17-5-3-6-18-37/h3-36H,1-2H3. The fourth-order valence-corrected chi connectivity index (χ4v) is 11.1. The van der Waals surface area contributed by atoms with Crippen molar-refractivity contribution in [2.75, 3.05) is 0 Å². The molecule has 1 spiro atoms. The van der Waals surface area contributed by atoms with Crippen LogP contribution in [0.1, 0.15) is 47.2 Å². The Labute approximate surface area is 372 Å². The first kappa shape index (κ1) is 36.6. The number of hydrogen-bond acceptors (Lipinski definition) is 4. The molecule has 64 heavy (non-hydrogen) atoms. The minimum absolute atomic E-state index is 0.136. The van der Waals surface area contributed by atoms with E-state index >= 15 is 0 Å². The van der Waals surface area contributed by atoms with Gasteiger partial charge in [-0.3, -0.25) is 0 Å². The lowest BCUT2D eigenvalue weighted by atomic mass is 9.65. The Kier molecular flexibility index (Phi) is 7.83. The average molecular weight is 817 g/mol. The molecule has 0 aliphatic heterocycles. The lowest BCUT2D eigenvalue weighted by Crippen LogP contribution is -2.29. The summed E-state index contributed by atoms with van der Waals surface area (Å²) in [6.07, 6.45) is 3.75. The molecule has 1 atom stereocenters. The molecule has 0 amide bonds. The lowest BCUT2D eigenvalue weighted by molar-refractivity contribution is 0.660. The van der Waals surface area contributed by atoms with Crippen molar-refractivity contribution in [2.45, 2.75) is 24.7 Å². The van der Waals surface area contributed by atoms with Crippen molar-refractivity contribution in [3.05, 3.63) is 240 Å². The highest BCUT2D eigenvalue weighted by Crippen LogP contribution is 2.64. The minimum Gasteiger partial charge on any atom is -0.236 e. The van der Waals surface area contributed by atoms with Crippen LogP contribution in [0.2, 0.25) is 0 Å². The highest BCUT2D eigenvalue weighted by atomic mass is 14.9. The zero-order valence-corrected chi connectivity index (χ0v) is 35.4. The van der Waals surface area contributed by atoms with Crippen LogP contribution in [0.25, 0.3) is 89.8 Å². The Hall–Kier alpha value is -8.08. The first-order valence-electron chi connectivity index (χ1n) is 22.0. The summed E-state index contributed by atoms with van der Waals surface area (Å²) in [6.45, 7) is 4.76. The predicted octanol–water partition coefficient (Wildman–Crippen LogP) is 14.3. The normalized spacial score (nSPS) is 15.5. The van der Waals surface area contributed by atoms with Crippen LogP contribution in [0.3, 0.4) is 0 Å². The molecule has 8 aromatic carbocycles. The van der Waals surface area contributed by atoms with Gasteiger partial charge in [0.15, 0.2) is 11.6 Å². The van der Waals surface area contributed by atoms with E-state index in [4.69, 9.17) is 19.9 Å². The Morgan fingerprint density at radius 1 is 0.297 bits per heavy atom. The monoisotopic (exact) mass is 816 g/mol. The van der Waals surface area contributed by atoms with Crippen LogP contribution in [0.15, 0.2) is 207 Å². The van der Waals surface area contributed by atoms with E-state index in [2.05, 4.69) is 159 Å². The van der Waals surface area contributed by atoms with E-state index in [9.17, 15) is 0 Å². The van der Waals surface area contributed by atoms with Crippen LogP contribution in [0, 0.1) is 0 Å². The summed E-state index contributed by atoms with van der Waals surface area (Å²) < 4.78 is 0. The molecule has 0 bridgehead atoms. The van der Waals surface area contributed by atoms with Gasteiger partial charge in [0, 0.05) is 40.1 Å². The lowest BCUT2D eigenvalue weighted by Gasteiger charge is -2.36. The van der Waals surface area contributed by atoms with Gasteiger partial charge in [-0.1, -0.05) is 184 Å². The van der Waals surface area contributed by atoms with Gasteiger partial charge in [-0.25, -0.2) is 19.9 Å². The average Bonchev–Trinajstić information content (AvgIpc) is 3.73. The largest absolute Gasteiger partial charge is 0.236 e. The maximum absolute atomic E-state index is 5.37. The molecule has 2 aromatic heterocycles. The molecule has 3 aliphatic carbocycles. The SMILES string of the molecule is CC1(C)c2ccccc2-c2cc3c(cc21)-c1ccccc1C31c2ccccc2-c2ccccc2-c2ccc(-c3cc(-c4cnc(-c5ccccc5)nc4)nc(-c4ccccc4)n3)cc21. The second-order valence-electron chi connectivity index (χ2n) is 17.8. The van der Waals surface area contributed by atoms with E-state index in [1.807, 2.05) is 60.9 Å². The molecule has 1 unspecified atom stereocenters. The van der Waals surface area contributed by atoms with Crippen LogP contribution in [-0.2, 0) is 10.8 Å². The second-order valence-corrected chi connectivity index (χ2v) is 17.8. The molecule has 0 saturated carbocycles. The molecule has 0 fully saturated rings. The second kappa shape index (κ2) is 13.7. The van der Waals surface area contributed by atoms with Crippen molar-refractivity contribution < 1.29 is 0 Å². The first-order chi connectivity index (χ1) is 31.5. The topological polar surface area (TPSA) is 51.6 Å². The van der Waals surface area contributed by atoms with Crippen LogP contribution < -0.4 is 0 Å². The van der Waals surface area contributed by atoms with Crippen LogP contribution in [0.5, 0.6) is 0 Å². The van der Waals surface area contributed by atoms with Crippen molar-refractivity contribution in [1.29, 1.82) is 0 Å². The Balaban J connectivity index is 1.10. The van der Waals surface area contributed by atoms with Crippen molar-refractivity contribution in [3.8, 4) is 89.8 Å². The Morgan fingerprint density at radius 3 is 1.36 bits per heavy atom. The molecular formula is C60H40N4. The van der Waals surface area contributed by atoms with Gasteiger partial charge >= 0.3 is 0 Å². The number of nitrogens with zero attached hydrogens (tertiary/aromatic N) is 4. The third-order valence-electron chi connectivity index (χ3n) is 14.0. The maximum atomic E-state index is 5.37. The molecule has 10 aromatic rings. The highest BCUT2D eigenvalue weighted by molar-refractivity contribution is 5.99. The summed E-state index contributed by atoms with van der Waals surface area (Å²) in [7, 11) is 0. The summed E-state index contributed by atoms with van der Waals surface area (Å²) in [6, 6.07) is 70.7. The van der Waals surface area contributed by atoms with Gasteiger partial charge in [-0.2, -0.15) is 0 Å². The van der Waals surface area contributed by atoms with Gasteiger partial charge in [0.2, 0.25) is 0 Å². The number of fused-ring (bicyclic) bond motifs is 15. The Morgan fingerprint density at radius 2 is 0.734 bits per heavy atom. The zero-order chi connectivity index (χ0) is 42.6. The van der Waals surface area contributed by atoms with Crippen molar-refractivity contribution in [2.24, 2.45) is 0 Å². The molecule has 0 radical (unpaired) electrons. The quantitative estimate of drug-likeness (QED) is 0.178. The fourth-order valence-electron chi connectivity index (χ4n) is 11.1. The summed E-state index contributed by atoms with van der Waals surface area (Å²) in [4.78, 5) is 20.1. The van der Waals surface area contributed by atoms with Gasteiger partial charge in [-0.05, 0) is 102 Å². The molecule has 2 heterocycles. The summed E-state index contributed by atoms with van der Waals surface area (Å²) in [5.41, 5.74) is 22.5. The van der Waals surface area contributed by atoms with Crippen molar-refractivity contribution in [3.63, 3.8) is 0 Å². The molecule has 0 N–H and O–H groups in total. The van der Waals surface area contributed by atoms with E-state index in [0.29, 0.717) is 11.6 Å². The van der Waals surface area contributed by atoms with Gasteiger partial charge < -0.3 is 0 Å². The van der Waals surface area contributed by atoms with Gasteiger partial charge in [-0.15, -0.1) is 0 Å². The van der Waals surface area contributed by atoms with Crippen LogP contribution in [0.4, 0.5) is 0 Å². The van der Waals surface area contributed by atoms with Crippen LogP contribution in [-0.4, -0.2) is 19.9 Å². The minimum atomic E-state index is -0.664. The molecule has 4 nitrogen and oxygen atoms in total. The zero-order valence-electron chi connectivity index (χ0n) is 35.4. The molecule has 300 valence electrons. The smallest absolute Gasteiger partial charge is 0.160 e. The van der Waals surface area contributed by atoms with Crippen LogP contribution >= 0.6 is 0 Å². The first-order valence-corrected chi connectivity index (χ1v) is 22.0. The third kappa shape index (κ3) is 5.17. The van der Waals surface area contributed by atoms with Crippen molar-refractivity contribution >= 4 is 0 Å². The fraction of sp³-hybridized carbons (Fsp3) is 0.0667. The summed E-state index contributed by atoms with van der Waals surface area (Å²) in [5.74, 6) is 1.32. The molecule has 3 aliphatic rings. The van der Waals surface area contributed by atoms with E-state index in [0.717, 1.165) is 33.6 Å². The number of rotatable bonds is 4.